The van der Waals surface area contributed by atoms with Crippen molar-refractivity contribution >= 4 is 17.8 Å². The van der Waals surface area contributed by atoms with Gasteiger partial charge in [-0.3, -0.25) is 14.4 Å². The molecular formula is C44H75NO5. The van der Waals surface area contributed by atoms with Gasteiger partial charge in [-0.05, 0) is 96.3 Å². The SMILES string of the molecule is CC/C=C\C/C=C\C/C=C\CCCCCCCCCC(=O)OC(CCC/C=C\C/C=C\CCCCC)CCCCCCCC(=O)NCC(=O)O. The summed E-state index contributed by atoms with van der Waals surface area (Å²) in [6, 6.07) is 0. The molecule has 0 aromatic heterocycles. The molecule has 0 aliphatic rings. The van der Waals surface area contributed by atoms with Crippen LogP contribution in [-0.4, -0.2) is 35.6 Å². The van der Waals surface area contributed by atoms with E-state index in [-0.39, 0.29) is 24.5 Å². The molecule has 1 atom stereocenters. The third-order valence-corrected chi connectivity index (χ3v) is 8.67. The van der Waals surface area contributed by atoms with E-state index < -0.39 is 5.97 Å². The van der Waals surface area contributed by atoms with Crippen LogP contribution >= 0.6 is 0 Å². The summed E-state index contributed by atoms with van der Waals surface area (Å²) in [5.74, 6) is -1.28. The minimum atomic E-state index is -1.02. The summed E-state index contributed by atoms with van der Waals surface area (Å²) in [5.41, 5.74) is 0. The number of carboxylic acids is 1. The monoisotopic (exact) mass is 698 g/mol. The van der Waals surface area contributed by atoms with E-state index >= 15 is 0 Å². The Hall–Kier alpha value is -2.89. The number of hydrogen-bond acceptors (Lipinski definition) is 4. The lowest BCUT2D eigenvalue weighted by molar-refractivity contribution is -0.150. The molecule has 0 saturated carbocycles. The van der Waals surface area contributed by atoms with E-state index in [1.54, 1.807) is 0 Å². The Morgan fingerprint density at radius 1 is 0.540 bits per heavy atom. The van der Waals surface area contributed by atoms with Gasteiger partial charge in [0.25, 0.3) is 0 Å². The quantitative estimate of drug-likeness (QED) is 0.0386. The molecule has 0 fully saturated rings. The second kappa shape index (κ2) is 38.9. The number of rotatable bonds is 36. The number of carboxylic acid groups (broad SMARTS) is 1. The van der Waals surface area contributed by atoms with Crippen LogP contribution in [0.1, 0.15) is 187 Å². The zero-order valence-electron chi connectivity index (χ0n) is 32.2. The first-order chi connectivity index (χ1) is 24.5. The Bertz CT molecular complexity index is 948. The molecule has 286 valence electrons. The number of ether oxygens (including phenoxy) is 1. The summed E-state index contributed by atoms with van der Waals surface area (Å²) in [4.78, 5) is 35.0. The highest BCUT2D eigenvalue weighted by Crippen LogP contribution is 2.18. The van der Waals surface area contributed by atoms with Gasteiger partial charge in [0.1, 0.15) is 12.6 Å². The van der Waals surface area contributed by atoms with Crippen molar-refractivity contribution in [3.63, 3.8) is 0 Å². The molecule has 0 radical (unpaired) electrons. The lowest BCUT2D eigenvalue weighted by Gasteiger charge is -2.18. The van der Waals surface area contributed by atoms with Gasteiger partial charge in [-0.2, -0.15) is 0 Å². The molecule has 6 nitrogen and oxygen atoms in total. The molecule has 1 unspecified atom stereocenters. The van der Waals surface area contributed by atoms with Crippen LogP contribution in [0.3, 0.4) is 0 Å². The van der Waals surface area contributed by atoms with Crippen LogP contribution in [0, 0.1) is 0 Å². The van der Waals surface area contributed by atoms with Gasteiger partial charge >= 0.3 is 11.9 Å². The van der Waals surface area contributed by atoms with Gasteiger partial charge in [0.05, 0.1) is 0 Å². The standard InChI is InChI=1S/C44H75NO5/c1-3-5-7-9-11-13-15-16-17-18-19-20-22-24-26-31-35-39-44(49)50-41(36-32-28-25-23-21-14-12-10-8-6-4-2)37-33-29-27-30-34-38-42(46)45-40-43(47)48/h5,7,11-14,16-17,23,25,41H,3-4,6,8-10,15,18-22,24,26-40H2,1-2H3,(H,45,46)(H,47,48)/b7-5-,13-11-,14-12-,17-16-,25-23-. The maximum Gasteiger partial charge on any atom is 0.322 e. The number of amides is 1. The van der Waals surface area contributed by atoms with E-state index in [1.165, 1.54) is 57.8 Å². The Balaban J connectivity index is 4.22. The average molecular weight is 698 g/mol. The zero-order chi connectivity index (χ0) is 36.6. The van der Waals surface area contributed by atoms with Crippen molar-refractivity contribution in [2.24, 2.45) is 0 Å². The fourth-order valence-electron chi connectivity index (χ4n) is 5.68. The smallest absolute Gasteiger partial charge is 0.322 e. The second-order valence-electron chi connectivity index (χ2n) is 13.5. The van der Waals surface area contributed by atoms with Crippen molar-refractivity contribution in [2.45, 2.75) is 193 Å². The Morgan fingerprint density at radius 2 is 1.00 bits per heavy atom. The van der Waals surface area contributed by atoms with Crippen molar-refractivity contribution in [3.05, 3.63) is 60.8 Å². The summed E-state index contributed by atoms with van der Waals surface area (Å²) >= 11 is 0. The number of nitrogens with one attached hydrogen (secondary N) is 1. The number of allylic oxidation sites excluding steroid dienone is 10. The van der Waals surface area contributed by atoms with E-state index in [0.717, 1.165) is 103 Å². The number of unbranched alkanes of at least 4 members (excludes halogenated alkanes) is 15. The summed E-state index contributed by atoms with van der Waals surface area (Å²) in [6.07, 6.45) is 50.5. The van der Waals surface area contributed by atoms with Gasteiger partial charge in [0, 0.05) is 12.8 Å². The summed E-state index contributed by atoms with van der Waals surface area (Å²) in [5, 5.41) is 11.1. The molecule has 0 aromatic rings. The molecular weight excluding hydrogens is 622 g/mol. The van der Waals surface area contributed by atoms with Gasteiger partial charge in [-0.15, -0.1) is 0 Å². The molecule has 0 saturated heterocycles. The van der Waals surface area contributed by atoms with Gasteiger partial charge in [0.2, 0.25) is 5.91 Å². The van der Waals surface area contributed by atoms with E-state index in [0.29, 0.717) is 12.8 Å². The minimum absolute atomic E-state index is 0.0239. The van der Waals surface area contributed by atoms with Crippen LogP contribution in [0.5, 0.6) is 0 Å². The molecule has 2 N–H and O–H groups in total. The third kappa shape index (κ3) is 37.9. The van der Waals surface area contributed by atoms with Crippen molar-refractivity contribution in [3.8, 4) is 0 Å². The van der Waals surface area contributed by atoms with Crippen LogP contribution in [0.25, 0.3) is 0 Å². The average Bonchev–Trinajstić information content (AvgIpc) is 3.10. The van der Waals surface area contributed by atoms with Gasteiger partial charge in [-0.1, -0.05) is 139 Å². The van der Waals surface area contributed by atoms with Crippen LogP contribution < -0.4 is 5.32 Å². The number of carbonyl (C=O) groups excluding carboxylic acids is 2. The number of hydrogen-bond donors (Lipinski definition) is 2. The van der Waals surface area contributed by atoms with Gasteiger partial charge in [0.15, 0.2) is 0 Å². The van der Waals surface area contributed by atoms with Gasteiger partial charge < -0.3 is 15.2 Å². The predicted octanol–water partition coefficient (Wildman–Crippen LogP) is 12.5. The summed E-state index contributed by atoms with van der Waals surface area (Å²) in [6.45, 7) is 4.07. The first-order valence-corrected chi connectivity index (χ1v) is 20.4. The molecule has 6 heteroatoms. The lowest BCUT2D eigenvalue weighted by atomic mass is 10.0. The van der Waals surface area contributed by atoms with Crippen LogP contribution in [0.2, 0.25) is 0 Å². The fourth-order valence-corrected chi connectivity index (χ4v) is 5.68. The lowest BCUT2D eigenvalue weighted by Crippen LogP contribution is -2.28. The third-order valence-electron chi connectivity index (χ3n) is 8.67. The molecule has 0 bridgehead atoms. The second-order valence-corrected chi connectivity index (χ2v) is 13.5. The molecule has 1 amide bonds. The van der Waals surface area contributed by atoms with Crippen molar-refractivity contribution in [1.82, 2.24) is 5.32 Å². The summed E-state index contributed by atoms with van der Waals surface area (Å²) in [7, 11) is 0. The zero-order valence-corrected chi connectivity index (χ0v) is 32.2. The maximum atomic E-state index is 12.7. The highest BCUT2D eigenvalue weighted by Gasteiger charge is 2.14. The molecule has 0 aromatic carbocycles. The largest absolute Gasteiger partial charge is 0.480 e. The van der Waals surface area contributed by atoms with Gasteiger partial charge in [-0.25, -0.2) is 0 Å². The minimum Gasteiger partial charge on any atom is -0.480 e. The highest BCUT2D eigenvalue weighted by molar-refractivity contribution is 5.80. The van der Waals surface area contributed by atoms with Crippen LogP contribution in [0.15, 0.2) is 60.8 Å². The van der Waals surface area contributed by atoms with E-state index in [2.05, 4.69) is 79.9 Å². The fraction of sp³-hybridized carbons (Fsp3) is 0.705. The molecule has 0 aliphatic carbocycles. The maximum absolute atomic E-state index is 12.7. The van der Waals surface area contributed by atoms with Crippen molar-refractivity contribution in [2.75, 3.05) is 6.54 Å². The predicted molar refractivity (Wildman–Crippen MR) is 212 cm³/mol. The number of aliphatic carboxylic acids is 1. The highest BCUT2D eigenvalue weighted by atomic mass is 16.5. The molecule has 0 heterocycles. The first kappa shape index (κ1) is 47.1. The number of esters is 1. The number of carbonyl (C=O) groups is 3. The Morgan fingerprint density at radius 3 is 1.58 bits per heavy atom. The molecule has 0 spiro atoms. The molecule has 0 rings (SSSR count). The molecule has 0 aliphatic heterocycles. The van der Waals surface area contributed by atoms with E-state index in [9.17, 15) is 14.4 Å². The van der Waals surface area contributed by atoms with Crippen LogP contribution in [-0.2, 0) is 19.1 Å². The normalized spacial score (nSPS) is 12.7. The van der Waals surface area contributed by atoms with E-state index in [4.69, 9.17) is 9.84 Å². The van der Waals surface area contributed by atoms with Crippen molar-refractivity contribution in [1.29, 1.82) is 0 Å². The Kier molecular flexibility index (Phi) is 36.7. The first-order valence-electron chi connectivity index (χ1n) is 20.4. The topological polar surface area (TPSA) is 92.7 Å². The molecule has 50 heavy (non-hydrogen) atoms. The van der Waals surface area contributed by atoms with E-state index in [1.807, 2.05) is 0 Å². The van der Waals surface area contributed by atoms with Crippen LogP contribution in [0.4, 0.5) is 0 Å². The van der Waals surface area contributed by atoms with Crippen molar-refractivity contribution < 1.29 is 24.2 Å². The summed E-state index contributed by atoms with van der Waals surface area (Å²) < 4.78 is 5.99. The Labute approximate surface area is 307 Å².